The summed E-state index contributed by atoms with van der Waals surface area (Å²) in [7, 11) is 0. The molecule has 1 aromatic rings. The first-order chi connectivity index (χ1) is 9.83. The van der Waals surface area contributed by atoms with Crippen molar-refractivity contribution in [3.63, 3.8) is 0 Å². The Kier molecular flexibility index (Phi) is 3.34. The summed E-state index contributed by atoms with van der Waals surface area (Å²) >= 11 is 0. The molecule has 0 fully saturated rings. The molecule has 0 aliphatic carbocycles. The number of benzene rings is 1. The molecular formula is C10F11N. The molecule has 1 heterocycles. The molecule has 0 radical (unpaired) electrons. The van der Waals surface area contributed by atoms with Crippen LogP contribution in [0, 0.1) is 23.3 Å². The molecule has 0 amide bonds. The van der Waals surface area contributed by atoms with Crippen molar-refractivity contribution in [1.82, 2.24) is 0 Å². The Hall–Kier alpha value is -2.01. The lowest BCUT2D eigenvalue weighted by Crippen LogP contribution is -2.54. The van der Waals surface area contributed by atoms with Gasteiger partial charge in [-0.2, -0.15) is 13.2 Å². The second-order valence-electron chi connectivity index (χ2n) is 3.95. The van der Waals surface area contributed by atoms with Gasteiger partial charge in [-0.15, -0.1) is 13.2 Å². The standard InChI is InChI=1S/C10F11N/c11-2-1-3(12)8(16)9(17,18)22(10(19,20)21)7(1)6(15)5(14)4(2)13. The van der Waals surface area contributed by atoms with Crippen molar-refractivity contribution in [3.8, 4) is 0 Å². The van der Waals surface area contributed by atoms with Gasteiger partial charge in [0.2, 0.25) is 5.83 Å². The minimum absolute atomic E-state index is 2.32. The maximum Gasteiger partial charge on any atom is 0.489 e. The first-order valence-corrected chi connectivity index (χ1v) is 5.00. The van der Waals surface area contributed by atoms with Crippen LogP contribution in [0.15, 0.2) is 5.83 Å². The summed E-state index contributed by atoms with van der Waals surface area (Å²) in [5, 5.41) is 0. The van der Waals surface area contributed by atoms with E-state index in [1.807, 2.05) is 0 Å². The molecule has 0 N–H and O–H groups in total. The predicted molar refractivity (Wildman–Crippen MR) is 48.9 cm³/mol. The van der Waals surface area contributed by atoms with Crippen LogP contribution < -0.4 is 4.90 Å². The van der Waals surface area contributed by atoms with Crippen molar-refractivity contribution in [2.45, 2.75) is 12.3 Å². The summed E-state index contributed by atoms with van der Waals surface area (Å²) < 4.78 is 143. The third-order valence-electron chi connectivity index (χ3n) is 2.68. The maximum atomic E-state index is 13.4. The van der Waals surface area contributed by atoms with Gasteiger partial charge in [-0.05, 0) is 0 Å². The molecule has 0 atom stereocenters. The van der Waals surface area contributed by atoms with Gasteiger partial charge in [-0.25, -0.2) is 26.9 Å². The van der Waals surface area contributed by atoms with Gasteiger partial charge in [0.1, 0.15) is 5.69 Å². The number of rotatable bonds is 0. The molecule has 1 aromatic carbocycles. The summed E-state index contributed by atoms with van der Waals surface area (Å²) in [4.78, 5) is -2.32. The number of alkyl halides is 5. The molecule has 1 aliphatic rings. The Morgan fingerprint density at radius 1 is 0.727 bits per heavy atom. The summed E-state index contributed by atoms with van der Waals surface area (Å²) in [6.45, 7) is 0. The molecule has 0 aromatic heterocycles. The molecule has 2 rings (SSSR count). The van der Waals surface area contributed by atoms with Crippen LogP contribution in [0.3, 0.4) is 0 Å². The molecule has 1 nitrogen and oxygen atoms in total. The highest BCUT2D eigenvalue weighted by molar-refractivity contribution is 5.80. The summed E-state index contributed by atoms with van der Waals surface area (Å²) in [5.41, 5.74) is -5.13. The van der Waals surface area contributed by atoms with Gasteiger partial charge in [0.05, 0.1) is 5.56 Å². The van der Waals surface area contributed by atoms with Crippen LogP contribution in [-0.2, 0) is 0 Å². The normalized spacial score (nSPS) is 17.9. The highest BCUT2D eigenvalue weighted by atomic mass is 19.4. The number of fused-ring (bicyclic) bond motifs is 1. The van der Waals surface area contributed by atoms with Gasteiger partial charge in [-0.3, -0.25) is 0 Å². The molecule has 0 saturated heterocycles. The van der Waals surface area contributed by atoms with Crippen LogP contribution in [0.2, 0.25) is 0 Å². The molecular weight excluding hydrogens is 343 g/mol. The van der Waals surface area contributed by atoms with Crippen LogP contribution in [0.25, 0.3) is 5.83 Å². The van der Waals surface area contributed by atoms with Crippen molar-refractivity contribution in [2.24, 2.45) is 0 Å². The molecule has 0 bridgehead atoms. The molecule has 0 unspecified atom stereocenters. The van der Waals surface area contributed by atoms with E-state index in [2.05, 4.69) is 0 Å². The smallest absolute Gasteiger partial charge is 0.213 e. The third-order valence-corrected chi connectivity index (χ3v) is 2.68. The van der Waals surface area contributed by atoms with Gasteiger partial charge in [0.15, 0.2) is 29.1 Å². The minimum atomic E-state index is -6.27. The lowest BCUT2D eigenvalue weighted by atomic mass is 10.0. The predicted octanol–water partition coefficient (Wildman–Crippen LogP) is 4.78. The third kappa shape index (κ3) is 1.92. The molecule has 22 heavy (non-hydrogen) atoms. The van der Waals surface area contributed by atoms with Crippen LogP contribution in [0.5, 0.6) is 0 Å². The molecule has 0 saturated carbocycles. The van der Waals surface area contributed by atoms with Crippen molar-refractivity contribution in [1.29, 1.82) is 0 Å². The van der Waals surface area contributed by atoms with Gasteiger partial charge in [0, 0.05) is 0 Å². The van der Waals surface area contributed by atoms with Crippen molar-refractivity contribution < 1.29 is 48.3 Å². The Morgan fingerprint density at radius 2 is 1.18 bits per heavy atom. The van der Waals surface area contributed by atoms with E-state index in [0.717, 1.165) is 0 Å². The Balaban J connectivity index is 3.03. The second kappa shape index (κ2) is 4.49. The first kappa shape index (κ1) is 16.4. The Morgan fingerprint density at radius 3 is 1.64 bits per heavy atom. The SMILES string of the molecule is FC1=C(F)C(F)(F)N(C(F)(F)F)c2c(F)c(F)c(F)c(F)c21. The average Bonchev–Trinajstić information content (AvgIpc) is 2.38. The quantitative estimate of drug-likeness (QED) is 0.284. The summed E-state index contributed by atoms with van der Waals surface area (Å²) in [5.74, 6) is -17.8. The van der Waals surface area contributed by atoms with Crippen molar-refractivity contribution >= 4 is 11.5 Å². The zero-order valence-electron chi connectivity index (χ0n) is 9.60. The van der Waals surface area contributed by atoms with Crippen molar-refractivity contribution in [3.05, 3.63) is 34.7 Å². The number of nitrogens with zero attached hydrogens (tertiary/aromatic N) is 1. The number of hydrogen-bond donors (Lipinski definition) is 0. The lowest BCUT2D eigenvalue weighted by molar-refractivity contribution is -0.178. The maximum absolute atomic E-state index is 13.4. The highest BCUT2D eigenvalue weighted by Crippen LogP contribution is 2.53. The van der Waals surface area contributed by atoms with Crippen LogP contribution in [-0.4, -0.2) is 12.3 Å². The van der Waals surface area contributed by atoms with E-state index in [-0.39, 0.29) is 0 Å². The number of halogens is 11. The van der Waals surface area contributed by atoms with E-state index >= 15 is 0 Å². The molecule has 1 aliphatic heterocycles. The topological polar surface area (TPSA) is 3.24 Å². The average molecular weight is 343 g/mol. The minimum Gasteiger partial charge on any atom is -0.213 e. The zero-order chi connectivity index (χ0) is 17.2. The van der Waals surface area contributed by atoms with Crippen LogP contribution >= 0.6 is 0 Å². The van der Waals surface area contributed by atoms with Crippen molar-refractivity contribution in [2.75, 3.05) is 4.90 Å². The fraction of sp³-hybridized carbons (Fsp3) is 0.200. The van der Waals surface area contributed by atoms with E-state index in [9.17, 15) is 48.3 Å². The highest BCUT2D eigenvalue weighted by Gasteiger charge is 2.62. The summed E-state index contributed by atoms with van der Waals surface area (Å²) in [6.07, 6.45) is -6.27. The van der Waals surface area contributed by atoms with Crippen LogP contribution in [0.1, 0.15) is 5.56 Å². The molecule has 122 valence electrons. The Labute approximate surface area is 113 Å². The lowest BCUT2D eigenvalue weighted by Gasteiger charge is -2.37. The van der Waals surface area contributed by atoms with E-state index in [0.29, 0.717) is 0 Å². The number of hydrogen-bond acceptors (Lipinski definition) is 1. The monoisotopic (exact) mass is 343 g/mol. The van der Waals surface area contributed by atoms with Gasteiger partial charge < -0.3 is 0 Å². The van der Waals surface area contributed by atoms with E-state index < -0.39 is 63.4 Å². The van der Waals surface area contributed by atoms with Gasteiger partial charge >= 0.3 is 12.3 Å². The fourth-order valence-electron chi connectivity index (χ4n) is 1.80. The van der Waals surface area contributed by atoms with E-state index in [1.165, 1.54) is 0 Å². The summed E-state index contributed by atoms with van der Waals surface area (Å²) in [6, 6.07) is -5.83. The first-order valence-electron chi connectivity index (χ1n) is 5.00. The second-order valence-corrected chi connectivity index (χ2v) is 3.95. The fourth-order valence-corrected chi connectivity index (χ4v) is 1.80. The molecule has 0 spiro atoms. The number of anilines is 1. The van der Waals surface area contributed by atoms with Crippen LogP contribution in [0.4, 0.5) is 54.0 Å². The van der Waals surface area contributed by atoms with E-state index in [1.54, 1.807) is 0 Å². The largest absolute Gasteiger partial charge is 0.489 e. The van der Waals surface area contributed by atoms with Gasteiger partial charge in [0.25, 0.3) is 0 Å². The zero-order valence-corrected chi connectivity index (χ0v) is 9.60. The van der Waals surface area contributed by atoms with Gasteiger partial charge in [-0.1, -0.05) is 0 Å². The Bertz CT molecular complexity index is 687. The van der Waals surface area contributed by atoms with E-state index in [4.69, 9.17) is 0 Å². The molecule has 12 heteroatoms.